The van der Waals surface area contributed by atoms with Gasteiger partial charge >= 0.3 is 5.97 Å². The molecule has 0 saturated carbocycles. The summed E-state index contributed by atoms with van der Waals surface area (Å²) in [4.78, 5) is 23.1. The standard InChI is InChI=1S/C16H18N2O4/c1-3-21-16(20)11-4-10-5-13(22-9-15(19)18-2)6-12(8-17)14(10)7-11/h5-6,11H,3-4,7,9H2,1-2H3,(H,18,19). The van der Waals surface area contributed by atoms with E-state index in [0.29, 0.717) is 30.8 Å². The highest BCUT2D eigenvalue weighted by molar-refractivity contribution is 5.77. The molecule has 1 unspecified atom stereocenters. The molecule has 6 heteroatoms. The van der Waals surface area contributed by atoms with Crippen LogP contribution in [0, 0.1) is 17.2 Å². The highest BCUT2D eigenvalue weighted by Gasteiger charge is 2.31. The summed E-state index contributed by atoms with van der Waals surface area (Å²) in [6.07, 6.45) is 1.03. The number of carbonyl (C=O) groups is 2. The molecule has 1 N–H and O–H groups in total. The van der Waals surface area contributed by atoms with Gasteiger partial charge in [0.1, 0.15) is 5.75 Å². The number of nitrogens with zero attached hydrogens (tertiary/aromatic N) is 1. The Morgan fingerprint density at radius 1 is 1.41 bits per heavy atom. The number of benzene rings is 1. The van der Waals surface area contributed by atoms with Crippen molar-refractivity contribution in [3.63, 3.8) is 0 Å². The average molecular weight is 302 g/mol. The number of esters is 1. The Kier molecular flexibility index (Phi) is 4.99. The molecule has 1 aromatic carbocycles. The number of hydrogen-bond acceptors (Lipinski definition) is 5. The van der Waals surface area contributed by atoms with Crippen molar-refractivity contribution in [3.05, 3.63) is 28.8 Å². The Balaban J connectivity index is 2.18. The summed E-state index contributed by atoms with van der Waals surface area (Å²) in [6.45, 7) is 2.00. The van der Waals surface area contributed by atoms with Gasteiger partial charge in [0.05, 0.1) is 24.2 Å². The first kappa shape index (κ1) is 15.8. The zero-order chi connectivity index (χ0) is 16.1. The second kappa shape index (κ2) is 6.94. The Morgan fingerprint density at radius 2 is 2.18 bits per heavy atom. The van der Waals surface area contributed by atoms with Crippen molar-refractivity contribution in [3.8, 4) is 11.8 Å². The summed E-state index contributed by atoms with van der Waals surface area (Å²) in [5.41, 5.74) is 2.26. The van der Waals surface area contributed by atoms with Crippen molar-refractivity contribution in [2.45, 2.75) is 19.8 Å². The molecule has 1 aliphatic rings. The molecule has 0 fully saturated rings. The Labute approximate surface area is 129 Å². The third-order valence-corrected chi connectivity index (χ3v) is 3.62. The number of nitrogens with one attached hydrogen (secondary N) is 1. The maximum Gasteiger partial charge on any atom is 0.309 e. The van der Waals surface area contributed by atoms with E-state index in [1.54, 1.807) is 19.1 Å². The molecule has 0 spiro atoms. The molecule has 0 saturated heterocycles. The fourth-order valence-corrected chi connectivity index (χ4v) is 2.54. The molecule has 0 aromatic heterocycles. The molecule has 6 nitrogen and oxygen atoms in total. The van der Waals surface area contributed by atoms with E-state index in [2.05, 4.69) is 11.4 Å². The number of nitriles is 1. The van der Waals surface area contributed by atoms with Gasteiger partial charge in [0.25, 0.3) is 5.91 Å². The minimum Gasteiger partial charge on any atom is -0.484 e. The predicted octanol–water partition coefficient (Wildman–Crippen LogP) is 0.961. The van der Waals surface area contributed by atoms with Gasteiger partial charge in [0.15, 0.2) is 6.61 Å². The van der Waals surface area contributed by atoms with Crippen LogP contribution in [0.15, 0.2) is 12.1 Å². The first-order valence-electron chi connectivity index (χ1n) is 7.15. The first-order chi connectivity index (χ1) is 10.6. The van der Waals surface area contributed by atoms with Crippen LogP contribution in [0.5, 0.6) is 5.75 Å². The molecule has 1 aromatic rings. The molecular formula is C16H18N2O4. The van der Waals surface area contributed by atoms with Crippen molar-refractivity contribution >= 4 is 11.9 Å². The van der Waals surface area contributed by atoms with Gasteiger partial charge in [0.2, 0.25) is 0 Å². The smallest absolute Gasteiger partial charge is 0.309 e. The normalized spacial score (nSPS) is 15.6. The van der Waals surface area contributed by atoms with Gasteiger partial charge < -0.3 is 14.8 Å². The van der Waals surface area contributed by atoms with E-state index in [1.807, 2.05) is 0 Å². The van der Waals surface area contributed by atoms with E-state index in [4.69, 9.17) is 9.47 Å². The summed E-state index contributed by atoms with van der Waals surface area (Å²) in [5, 5.41) is 11.7. The van der Waals surface area contributed by atoms with E-state index >= 15 is 0 Å². The number of fused-ring (bicyclic) bond motifs is 1. The van der Waals surface area contributed by atoms with Crippen molar-refractivity contribution in [2.75, 3.05) is 20.3 Å². The second-order valence-corrected chi connectivity index (χ2v) is 5.04. The van der Waals surface area contributed by atoms with Crippen LogP contribution in [-0.2, 0) is 27.2 Å². The molecule has 0 heterocycles. The Bertz CT molecular complexity index is 634. The maximum atomic E-state index is 11.9. The van der Waals surface area contributed by atoms with Crippen LogP contribution in [0.1, 0.15) is 23.6 Å². The van der Waals surface area contributed by atoms with Gasteiger partial charge in [-0.15, -0.1) is 0 Å². The third kappa shape index (κ3) is 3.37. The lowest BCUT2D eigenvalue weighted by Crippen LogP contribution is -2.24. The molecular weight excluding hydrogens is 284 g/mol. The van der Waals surface area contributed by atoms with Gasteiger partial charge in [-0.2, -0.15) is 5.26 Å². The maximum absolute atomic E-state index is 11.9. The van der Waals surface area contributed by atoms with Gasteiger partial charge in [-0.05, 0) is 43.0 Å². The highest BCUT2D eigenvalue weighted by atomic mass is 16.5. The van der Waals surface area contributed by atoms with Crippen molar-refractivity contribution in [1.29, 1.82) is 5.26 Å². The molecule has 2 rings (SSSR count). The van der Waals surface area contributed by atoms with E-state index in [9.17, 15) is 14.9 Å². The lowest BCUT2D eigenvalue weighted by molar-refractivity contribution is -0.147. The molecule has 116 valence electrons. The minimum atomic E-state index is -0.253. The fourth-order valence-electron chi connectivity index (χ4n) is 2.54. The van der Waals surface area contributed by atoms with E-state index < -0.39 is 0 Å². The highest BCUT2D eigenvalue weighted by Crippen LogP contribution is 2.33. The lowest BCUT2D eigenvalue weighted by atomic mass is 10.0. The number of hydrogen-bond donors (Lipinski definition) is 1. The topological polar surface area (TPSA) is 88.4 Å². The van der Waals surface area contributed by atoms with Crippen LogP contribution < -0.4 is 10.1 Å². The fraction of sp³-hybridized carbons (Fsp3) is 0.438. The largest absolute Gasteiger partial charge is 0.484 e. The molecule has 0 radical (unpaired) electrons. The quantitative estimate of drug-likeness (QED) is 0.818. The Morgan fingerprint density at radius 3 is 2.82 bits per heavy atom. The minimum absolute atomic E-state index is 0.110. The van der Waals surface area contributed by atoms with Crippen LogP contribution >= 0.6 is 0 Å². The summed E-state index contributed by atoms with van der Waals surface area (Å²) in [6, 6.07) is 5.52. The summed E-state index contributed by atoms with van der Waals surface area (Å²) in [7, 11) is 1.53. The average Bonchev–Trinajstić information content (AvgIpc) is 2.96. The lowest BCUT2D eigenvalue weighted by Gasteiger charge is -2.08. The summed E-state index contributed by atoms with van der Waals surface area (Å²) < 4.78 is 10.4. The second-order valence-electron chi connectivity index (χ2n) is 5.04. The number of likely N-dealkylation sites (N-methyl/N-ethyl adjacent to an activating group) is 1. The van der Waals surface area contributed by atoms with Gasteiger partial charge in [-0.3, -0.25) is 9.59 Å². The van der Waals surface area contributed by atoms with E-state index in [1.165, 1.54) is 7.05 Å². The van der Waals surface area contributed by atoms with Crippen LogP contribution in [0.4, 0.5) is 0 Å². The molecule has 0 bridgehead atoms. The zero-order valence-corrected chi connectivity index (χ0v) is 12.6. The SMILES string of the molecule is CCOC(=O)C1Cc2cc(OCC(=O)NC)cc(C#N)c2C1. The molecule has 1 aliphatic carbocycles. The summed E-state index contributed by atoms with van der Waals surface area (Å²) in [5.74, 6) is -0.279. The monoisotopic (exact) mass is 302 g/mol. The van der Waals surface area contributed by atoms with E-state index in [-0.39, 0.29) is 24.4 Å². The van der Waals surface area contributed by atoms with Gasteiger partial charge in [0, 0.05) is 7.05 Å². The predicted molar refractivity (Wildman–Crippen MR) is 78.2 cm³/mol. The van der Waals surface area contributed by atoms with Crippen molar-refractivity contribution in [1.82, 2.24) is 5.32 Å². The van der Waals surface area contributed by atoms with Crippen LogP contribution in [0.25, 0.3) is 0 Å². The number of amides is 1. The third-order valence-electron chi connectivity index (χ3n) is 3.62. The van der Waals surface area contributed by atoms with Crippen molar-refractivity contribution in [2.24, 2.45) is 5.92 Å². The van der Waals surface area contributed by atoms with E-state index in [0.717, 1.165) is 11.1 Å². The number of ether oxygens (including phenoxy) is 2. The number of carbonyl (C=O) groups excluding carboxylic acids is 2. The van der Waals surface area contributed by atoms with Gasteiger partial charge in [-0.1, -0.05) is 0 Å². The zero-order valence-electron chi connectivity index (χ0n) is 12.6. The number of rotatable bonds is 5. The van der Waals surface area contributed by atoms with Crippen LogP contribution in [0.2, 0.25) is 0 Å². The Hall–Kier alpha value is -2.55. The summed E-state index contributed by atoms with van der Waals surface area (Å²) >= 11 is 0. The van der Waals surface area contributed by atoms with Crippen LogP contribution in [0.3, 0.4) is 0 Å². The van der Waals surface area contributed by atoms with Crippen LogP contribution in [-0.4, -0.2) is 32.1 Å². The first-order valence-corrected chi connectivity index (χ1v) is 7.15. The van der Waals surface area contributed by atoms with Gasteiger partial charge in [-0.25, -0.2) is 0 Å². The molecule has 0 aliphatic heterocycles. The molecule has 22 heavy (non-hydrogen) atoms. The molecule has 1 atom stereocenters. The molecule has 1 amide bonds. The van der Waals surface area contributed by atoms with Crippen molar-refractivity contribution < 1.29 is 19.1 Å².